The molecule has 0 atom stereocenters. The molecule has 17 heavy (non-hydrogen) atoms. The van der Waals surface area contributed by atoms with Crippen molar-refractivity contribution in [2.24, 2.45) is 0 Å². The minimum Gasteiger partial charge on any atom is -0.480 e. The third-order valence-electron chi connectivity index (χ3n) is 1.77. The van der Waals surface area contributed by atoms with Crippen molar-refractivity contribution in [1.82, 2.24) is 19.4 Å². The van der Waals surface area contributed by atoms with Gasteiger partial charge in [0.05, 0.1) is 18.1 Å². The van der Waals surface area contributed by atoms with Crippen molar-refractivity contribution < 1.29 is 14.7 Å². The van der Waals surface area contributed by atoms with E-state index >= 15 is 0 Å². The number of hydrogen-bond acceptors (Lipinski definition) is 6. The molecule has 0 aliphatic heterocycles. The number of carbonyl (C=O) groups is 2. The predicted molar refractivity (Wildman–Crippen MR) is 57.7 cm³/mol. The zero-order chi connectivity index (χ0) is 12.3. The summed E-state index contributed by atoms with van der Waals surface area (Å²) in [6.45, 7) is -0.252. The average molecular weight is 253 g/mol. The number of rotatable bonds is 4. The maximum atomic E-state index is 11.6. The van der Waals surface area contributed by atoms with Crippen molar-refractivity contribution >= 4 is 29.1 Å². The molecule has 88 valence electrons. The molecule has 1 amide bonds. The molecule has 0 saturated carbocycles. The highest BCUT2D eigenvalue weighted by Crippen LogP contribution is 2.09. The Labute approximate surface area is 99.0 Å². The molecule has 2 heterocycles. The molecule has 2 aromatic rings. The van der Waals surface area contributed by atoms with E-state index in [-0.39, 0.29) is 12.5 Å². The summed E-state index contributed by atoms with van der Waals surface area (Å²) in [5, 5.41) is 18.4. The van der Waals surface area contributed by atoms with Crippen molar-refractivity contribution in [1.29, 1.82) is 0 Å². The first-order valence-electron chi connectivity index (χ1n) is 4.48. The van der Waals surface area contributed by atoms with Crippen molar-refractivity contribution in [3.8, 4) is 0 Å². The van der Waals surface area contributed by atoms with Crippen LogP contribution in [0.4, 0.5) is 5.69 Å². The van der Waals surface area contributed by atoms with Gasteiger partial charge in [0.15, 0.2) is 0 Å². The Kier molecular flexibility index (Phi) is 3.10. The van der Waals surface area contributed by atoms with Crippen LogP contribution in [-0.4, -0.2) is 36.4 Å². The lowest BCUT2D eigenvalue weighted by Gasteiger charge is -1.97. The van der Waals surface area contributed by atoms with E-state index in [1.54, 1.807) is 0 Å². The Balaban J connectivity index is 2.02. The summed E-state index contributed by atoms with van der Waals surface area (Å²) in [6.07, 6.45) is 4.15. The number of nitrogens with one attached hydrogen (secondary N) is 1. The van der Waals surface area contributed by atoms with Gasteiger partial charge in [0, 0.05) is 6.20 Å². The lowest BCUT2D eigenvalue weighted by molar-refractivity contribution is -0.137. The Morgan fingerprint density at radius 3 is 2.94 bits per heavy atom. The summed E-state index contributed by atoms with van der Waals surface area (Å²) in [5.74, 6) is -1.35. The topological polar surface area (TPSA) is 110 Å². The summed E-state index contributed by atoms with van der Waals surface area (Å²) in [4.78, 5) is 22.4. The van der Waals surface area contributed by atoms with Crippen LogP contribution in [0, 0.1) is 0 Å². The molecule has 8 nitrogen and oxygen atoms in total. The first-order chi connectivity index (χ1) is 8.15. The lowest BCUT2D eigenvalue weighted by atomic mass is 10.4. The fourth-order valence-corrected chi connectivity index (χ4v) is 1.52. The third kappa shape index (κ3) is 2.84. The van der Waals surface area contributed by atoms with Crippen molar-refractivity contribution in [3.05, 3.63) is 23.5 Å². The number of carboxylic acid groups (broad SMARTS) is 1. The van der Waals surface area contributed by atoms with E-state index < -0.39 is 5.97 Å². The number of nitrogens with zero attached hydrogens (tertiary/aromatic N) is 4. The minimum absolute atomic E-state index is 0.252. The van der Waals surface area contributed by atoms with Gasteiger partial charge in [-0.05, 0) is 11.5 Å². The fourth-order valence-electron chi connectivity index (χ4n) is 1.11. The van der Waals surface area contributed by atoms with Gasteiger partial charge < -0.3 is 10.4 Å². The van der Waals surface area contributed by atoms with Gasteiger partial charge >= 0.3 is 5.97 Å². The van der Waals surface area contributed by atoms with Gasteiger partial charge in [-0.3, -0.25) is 14.3 Å². The zero-order valence-corrected chi connectivity index (χ0v) is 9.22. The van der Waals surface area contributed by atoms with Crippen LogP contribution in [0.5, 0.6) is 0 Å². The molecule has 0 aliphatic carbocycles. The second-order valence-electron chi connectivity index (χ2n) is 3.06. The maximum absolute atomic E-state index is 11.6. The number of aromatic nitrogens is 4. The highest BCUT2D eigenvalue weighted by molar-refractivity contribution is 7.07. The highest BCUT2D eigenvalue weighted by atomic mass is 32.1. The third-order valence-corrected chi connectivity index (χ3v) is 2.44. The van der Waals surface area contributed by atoms with Gasteiger partial charge in [-0.2, -0.15) is 5.10 Å². The highest BCUT2D eigenvalue weighted by Gasteiger charge is 2.10. The van der Waals surface area contributed by atoms with Crippen LogP contribution in [0.2, 0.25) is 0 Å². The monoisotopic (exact) mass is 253 g/mol. The fraction of sp³-hybridized carbons (Fsp3) is 0.125. The van der Waals surface area contributed by atoms with E-state index in [1.807, 2.05) is 0 Å². The normalized spacial score (nSPS) is 10.1. The van der Waals surface area contributed by atoms with Crippen LogP contribution < -0.4 is 5.32 Å². The van der Waals surface area contributed by atoms with Crippen LogP contribution in [0.25, 0.3) is 0 Å². The molecule has 0 spiro atoms. The van der Waals surface area contributed by atoms with Crippen LogP contribution in [0.15, 0.2) is 18.6 Å². The van der Waals surface area contributed by atoms with Crippen LogP contribution in [0.3, 0.4) is 0 Å². The molecule has 0 saturated heterocycles. The number of carbonyl (C=O) groups excluding carboxylic acids is 1. The summed E-state index contributed by atoms with van der Waals surface area (Å²) in [7, 11) is 0. The standard InChI is InChI=1S/C8H7N5O3S/c14-7(15)4-13-3-5(1-10-13)11-8(16)6-2-9-12-17-6/h1-3H,4H2,(H,11,16)(H,14,15). The molecule has 0 bridgehead atoms. The van der Waals surface area contributed by atoms with Crippen molar-refractivity contribution in [3.63, 3.8) is 0 Å². The Morgan fingerprint density at radius 1 is 1.47 bits per heavy atom. The molecular weight excluding hydrogens is 246 g/mol. The summed E-state index contributed by atoms with van der Waals surface area (Å²) >= 11 is 0.973. The van der Waals surface area contributed by atoms with E-state index in [0.29, 0.717) is 10.6 Å². The van der Waals surface area contributed by atoms with Crippen LogP contribution >= 0.6 is 11.5 Å². The molecule has 0 fully saturated rings. The van der Waals surface area contributed by atoms with E-state index in [0.717, 1.165) is 11.5 Å². The quantitative estimate of drug-likeness (QED) is 0.797. The first kappa shape index (κ1) is 11.2. The van der Waals surface area contributed by atoms with Gasteiger partial charge in [-0.1, -0.05) is 4.49 Å². The van der Waals surface area contributed by atoms with Gasteiger partial charge in [-0.15, -0.1) is 5.10 Å². The molecule has 2 rings (SSSR count). The molecule has 0 radical (unpaired) electrons. The van der Waals surface area contributed by atoms with Crippen molar-refractivity contribution in [2.75, 3.05) is 5.32 Å². The SMILES string of the molecule is O=C(O)Cn1cc(NC(=O)c2cnns2)cn1. The average Bonchev–Trinajstić information content (AvgIpc) is 2.87. The Morgan fingerprint density at radius 2 is 2.29 bits per heavy atom. The van der Waals surface area contributed by atoms with Crippen LogP contribution in [0.1, 0.15) is 9.67 Å². The Bertz CT molecular complexity index is 535. The number of aliphatic carboxylic acids is 1. The molecule has 2 aromatic heterocycles. The van der Waals surface area contributed by atoms with Crippen molar-refractivity contribution in [2.45, 2.75) is 6.54 Å². The molecule has 0 unspecified atom stereocenters. The molecule has 2 N–H and O–H groups in total. The van der Waals surface area contributed by atoms with Crippen LogP contribution in [-0.2, 0) is 11.3 Å². The lowest BCUT2D eigenvalue weighted by Crippen LogP contribution is -2.10. The Hall–Kier alpha value is -2.29. The number of anilines is 1. The maximum Gasteiger partial charge on any atom is 0.325 e. The predicted octanol–water partition coefficient (Wildman–Crippen LogP) is 0.0715. The molecular formula is C8H7N5O3S. The summed E-state index contributed by atoms with van der Waals surface area (Å²) < 4.78 is 4.77. The summed E-state index contributed by atoms with van der Waals surface area (Å²) in [6, 6.07) is 0. The molecule has 0 aliphatic rings. The zero-order valence-electron chi connectivity index (χ0n) is 8.40. The molecule has 9 heteroatoms. The van der Waals surface area contributed by atoms with E-state index in [4.69, 9.17) is 5.11 Å². The molecule has 0 aromatic carbocycles. The van der Waals surface area contributed by atoms with Gasteiger partial charge in [-0.25, -0.2) is 0 Å². The van der Waals surface area contributed by atoms with E-state index in [2.05, 4.69) is 20.0 Å². The number of amides is 1. The summed E-state index contributed by atoms with van der Waals surface area (Å²) in [5.41, 5.74) is 0.421. The van der Waals surface area contributed by atoms with Gasteiger partial charge in [0.1, 0.15) is 11.4 Å². The number of hydrogen-bond donors (Lipinski definition) is 2. The minimum atomic E-state index is -1.00. The second kappa shape index (κ2) is 4.70. The second-order valence-corrected chi connectivity index (χ2v) is 3.84. The first-order valence-corrected chi connectivity index (χ1v) is 5.25. The van der Waals surface area contributed by atoms with Gasteiger partial charge in [0.2, 0.25) is 0 Å². The number of carboxylic acids is 1. The smallest absolute Gasteiger partial charge is 0.325 e. The van der Waals surface area contributed by atoms with E-state index in [9.17, 15) is 9.59 Å². The van der Waals surface area contributed by atoms with E-state index in [1.165, 1.54) is 23.3 Å². The largest absolute Gasteiger partial charge is 0.480 e. The van der Waals surface area contributed by atoms with Gasteiger partial charge in [0.25, 0.3) is 5.91 Å².